The quantitative estimate of drug-likeness (QED) is 0.470. The molecule has 0 aliphatic rings. The maximum atomic E-state index is 12.3. The van der Waals surface area contributed by atoms with Gasteiger partial charge in [-0.1, -0.05) is 24.3 Å². The van der Waals surface area contributed by atoms with Gasteiger partial charge in [-0.25, -0.2) is 14.4 Å². The number of nitrogens with one attached hydrogen (secondary N) is 1. The molecule has 0 radical (unpaired) electrons. The van der Waals surface area contributed by atoms with E-state index < -0.39 is 0 Å². The van der Waals surface area contributed by atoms with Gasteiger partial charge in [0.25, 0.3) is 0 Å². The second-order valence-electron chi connectivity index (χ2n) is 6.82. The zero-order valence-corrected chi connectivity index (χ0v) is 17.5. The molecule has 0 bridgehead atoms. The first-order chi connectivity index (χ1) is 14.7. The van der Waals surface area contributed by atoms with Crippen molar-refractivity contribution >= 4 is 0 Å². The van der Waals surface area contributed by atoms with Crippen molar-refractivity contribution in [3.63, 3.8) is 0 Å². The molecule has 3 aromatic rings. The van der Waals surface area contributed by atoms with Gasteiger partial charge in [-0.15, -0.1) is 0 Å². The highest BCUT2D eigenvalue weighted by atomic mass is 19.1. The van der Waals surface area contributed by atoms with Crippen molar-refractivity contribution in [3.8, 4) is 22.6 Å². The second-order valence-corrected chi connectivity index (χ2v) is 6.82. The average Bonchev–Trinajstić information content (AvgIpc) is 2.76. The van der Waals surface area contributed by atoms with E-state index in [1.807, 2.05) is 38.4 Å². The molecule has 0 spiro atoms. The van der Waals surface area contributed by atoms with Crippen molar-refractivity contribution in [1.82, 2.24) is 15.3 Å². The second kappa shape index (κ2) is 11.3. The van der Waals surface area contributed by atoms with E-state index in [-0.39, 0.29) is 6.67 Å². The van der Waals surface area contributed by atoms with E-state index in [1.54, 1.807) is 0 Å². The largest absolute Gasteiger partial charge is 0.493 e. The minimum atomic E-state index is -0.366. The lowest BCUT2D eigenvalue weighted by molar-refractivity contribution is 0.325. The van der Waals surface area contributed by atoms with Crippen molar-refractivity contribution in [2.24, 2.45) is 0 Å². The molecule has 0 amide bonds. The van der Waals surface area contributed by atoms with Gasteiger partial charge in [0, 0.05) is 31.9 Å². The normalized spacial score (nSPS) is 10.8. The third-order valence-electron chi connectivity index (χ3n) is 4.59. The summed E-state index contributed by atoms with van der Waals surface area (Å²) in [6.07, 6.45) is 5.86. The highest BCUT2D eigenvalue weighted by Gasteiger charge is 2.16. The van der Waals surface area contributed by atoms with Gasteiger partial charge in [-0.3, -0.25) is 0 Å². The molecule has 2 aromatic carbocycles. The van der Waals surface area contributed by atoms with Crippen molar-refractivity contribution in [2.75, 3.05) is 26.4 Å². The monoisotopic (exact) mass is 409 g/mol. The Morgan fingerprint density at radius 2 is 1.50 bits per heavy atom. The van der Waals surface area contributed by atoms with Crippen LogP contribution in [-0.2, 0) is 13.0 Å². The summed E-state index contributed by atoms with van der Waals surface area (Å²) in [7, 11) is 0. The zero-order chi connectivity index (χ0) is 21.2. The van der Waals surface area contributed by atoms with Crippen LogP contribution < -0.4 is 14.8 Å². The number of aromatic nitrogens is 2. The van der Waals surface area contributed by atoms with Crippen molar-refractivity contribution in [2.45, 2.75) is 26.8 Å². The van der Waals surface area contributed by atoms with E-state index in [0.717, 1.165) is 39.3 Å². The molecule has 0 fully saturated rings. The standard InChI is InChI=1S/C24H28FN3O2/c1-3-29-22-12-19(11-20-15-27-17-28-16-20)13-23(30-4-2)24(22)21-7-5-18(6-8-21)14-26-10-9-25/h5-8,12-13,15-17,26H,3-4,9-11,14H2,1-2H3. The highest BCUT2D eigenvalue weighted by molar-refractivity contribution is 5.78. The van der Waals surface area contributed by atoms with Gasteiger partial charge in [0.05, 0.1) is 18.8 Å². The topological polar surface area (TPSA) is 56.3 Å². The van der Waals surface area contributed by atoms with Crippen molar-refractivity contribution in [1.29, 1.82) is 0 Å². The SMILES string of the molecule is CCOc1cc(Cc2cncnc2)cc(OCC)c1-c1ccc(CNCCF)cc1. The number of ether oxygens (including phenoxy) is 2. The predicted octanol–water partition coefficient (Wildman–Crippen LogP) is 4.59. The van der Waals surface area contributed by atoms with Gasteiger partial charge in [-0.05, 0) is 48.2 Å². The molecule has 0 aliphatic heterocycles. The first kappa shape index (κ1) is 21.7. The van der Waals surface area contributed by atoms with Gasteiger partial charge in [-0.2, -0.15) is 0 Å². The first-order valence-corrected chi connectivity index (χ1v) is 10.3. The molecule has 0 unspecified atom stereocenters. The molecule has 3 rings (SSSR count). The van der Waals surface area contributed by atoms with Crippen molar-refractivity contribution in [3.05, 3.63) is 71.8 Å². The van der Waals surface area contributed by atoms with Crippen LogP contribution in [0.5, 0.6) is 11.5 Å². The third-order valence-corrected chi connectivity index (χ3v) is 4.59. The maximum Gasteiger partial charge on any atom is 0.131 e. The Hall–Kier alpha value is -2.99. The van der Waals surface area contributed by atoms with Crippen molar-refractivity contribution < 1.29 is 13.9 Å². The predicted molar refractivity (Wildman–Crippen MR) is 117 cm³/mol. The Morgan fingerprint density at radius 1 is 0.867 bits per heavy atom. The number of rotatable bonds is 11. The molecule has 1 heterocycles. The molecule has 6 heteroatoms. The van der Waals surface area contributed by atoms with Crippen LogP contribution in [0.3, 0.4) is 0 Å². The molecule has 0 saturated carbocycles. The highest BCUT2D eigenvalue weighted by Crippen LogP contribution is 2.40. The smallest absolute Gasteiger partial charge is 0.131 e. The summed E-state index contributed by atoms with van der Waals surface area (Å²) in [5, 5.41) is 3.07. The van der Waals surface area contributed by atoms with Crippen LogP contribution in [-0.4, -0.2) is 36.4 Å². The molecule has 0 atom stereocenters. The molecule has 0 aliphatic carbocycles. The van der Waals surface area contributed by atoms with E-state index in [9.17, 15) is 4.39 Å². The fourth-order valence-corrected chi connectivity index (χ4v) is 3.32. The number of alkyl halides is 1. The minimum Gasteiger partial charge on any atom is -0.493 e. The van der Waals surface area contributed by atoms with Gasteiger partial charge in [0.15, 0.2) is 0 Å². The summed E-state index contributed by atoms with van der Waals surface area (Å²) in [4.78, 5) is 8.20. The lowest BCUT2D eigenvalue weighted by atomic mass is 9.97. The molecular formula is C24H28FN3O2. The Bertz CT molecular complexity index is 890. The van der Waals surface area contributed by atoms with E-state index in [1.165, 1.54) is 6.33 Å². The maximum absolute atomic E-state index is 12.3. The number of benzene rings is 2. The van der Waals surface area contributed by atoms with Gasteiger partial charge in [0.2, 0.25) is 0 Å². The molecule has 30 heavy (non-hydrogen) atoms. The fourth-order valence-electron chi connectivity index (χ4n) is 3.32. The third kappa shape index (κ3) is 5.76. The van der Waals surface area contributed by atoms with E-state index >= 15 is 0 Å². The summed E-state index contributed by atoms with van der Waals surface area (Å²) in [6, 6.07) is 12.3. The Morgan fingerprint density at radius 3 is 2.07 bits per heavy atom. The molecular weight excluding hydrogens is 381 g/mol. The van der Waals surface area contributed by atoms with Crippen LogP contribution in [0.2, 0.25) is 0 Å². The summed E-state index contributed by atoms with van der Waals surface area (Å²) in [5.74, 6) is 1.58. The number of nitrogens with zero attached hydrogens (tertiary/aromatic N) is 2. The lowest BCUT2D eigenvalue weighted by Crippen LogP contribution is -2.15. The van der Waals surface area contributed by atoms with Gasteiger partial charge >= 0.3 is 0 Å². The van der Waals surface area contributed by atoms with Crippen LogP contribution >= 0.6 is 0 Å². The Kier molecular flexibility index (Phi) is 8.15. The van der Waals surface area contributed by atoms with Crippen LogP contribution in [0.25, 0.3) is 11.1 Å². The summed E-state index contributed by atoms with van der Waals surface area (Å²) >= 11 is 0. The summed E-state index contributed by atoms with van der Waals surface area (Å²) in [6.45, 7) is 5.69. The van der Waals surface area contributed by atoms with E-state index in [4.69, 9.17) is 9.47 Å². The number of halogens is 1. The van der Waals surface area contributed by atoms with E-state index in [0.29, 0.717) is 32.7 Å². The van der Waals surface area contributed by atoms with Crippen LogP contribution in [0, 0.1) is 0 Å². The molecule has 5 nitrogen and oxygen atoms in total. The van der Waals surface area contributed by atoms with Gasteiger partial charge in [0.1, 0.15) is 24.5 Å². The zero-order valence-electron chi connectivity index (χ0n) is 17.5. The van der Waals surface area contributed by atoms with Crippen LogP contribution in [0.1, 0.15) is 30.5 Å². The van der Waals surface area contributed by atoms with Gasteiger partial charge < -0.3 is 14.8 Å². The van der Waals surface area contributed by atoms with Crippen LogP contribution in [0.4, 0.5) is 4.39 Å². The Labute approximate surface area is 177 Å². The number of hydrogen-bond acceptors (Lipinski definition) is 5. The average molecular weight is 410 g/mol. The van der Waals surface area contributed by atoms with Crippen LogP contribution in [0.15, 0.2) is 55.1 Å². The Balaban J connectivity index is 1.95. The molecule has 1 aromatic heterocycles. The summed E-state index contributed by atoms with van der Waals surface area (Å²) in [5.41, 5.74) is 5.16. The molecule has 1 N–H and O–H groups in total. The fraction of sp³-hybridized carbons (Fsp3) is 0.333. The number of hydrogen-bond donors (Lipinski definition) is 1. The summed E-state index contributed by atoms with van der Waals surface area (Å²) < 4.78 is 24.3. The lowest BCUT2D eigenvalue weighted by Gasteiger charge is -2.18. The minimum absolute atomic E-state index is 0.360. The molecule has 0 saturated heterocycles. The van der Waals surface area contributed by atoms with E-state index in [2.05, 4.69) is 39.6 Å². The molecule has 158 valence electrons. The first-order valence-electron chi connectivity index (χ1n) is 10.3.